The van der Waals surface area contributed by atoms with Crippen LogP contribution in [0.3, 0.4) is 0 Å². The number of halogens is 2. The number of hydrogen-bond acceptors (Lipinski definition) is 4. The lowest BCUT2D eigenvalue weighted by Crippen LogP contribution is -2.60. The van der Waals surface area contributed by atoms with Gasteiger partial charge in [-0.1, -0.05) is 0 Å². The first-order valence-electron chi connectivity index (χ1n) is 9.78. The van der Waals surface area contributed by atoms with Crippen molar-refractivity contribution in [3.8, 4) is 0 Å². The third-order valence-corrected chi connectivity index (χ3v) is 6.89. The number of aryl methyl sites for hydroxylation is 1. The van der Waals surface area contributed by atoms with Gasteiger partial charge in [-0.05, 0) is 63.4 Å². The number of benzene rings is 1. The van der Waals surface area contributed by atoms with Gasteiger partial charge in [-0.3, -0.25) is 4.90 Å². The fraction of sp³-hybridized carbons (Fsp3) is 0.524. The molecule has 4 fully saturated rings. The molecule has 0 unspecified atom stereocenters. The van der Waals surface area contributed by atoms with Crippen LogP contribution >= 0.6 is 0 Å². The number of rotatable bonds is 2. The second-order valence-corrected chi connectivity index (χ2v) is 8.22. The highest BCUT2D eigenvalue weighted by Crippen LogP contribution is 2.48. The molecule has 1 aromatic heterocycles. The number of piperidine rings is 3. The van der Waals surface area contributed by atoms with Gasteiger partial charge < -0.3 is 4.90 Å². The van der Waals surface area contributed by atoms with Gasteiger partial charge in [-0.25, -0.2) is 18.7 Å². The molecule has 4 aliphatic heterocycles. The molecule has 2 bridgehead atoms. The van der Waals surface area contributed by atoms with E-state index in [1.165, 1.54) is 25.0 Å². The fourth-order valence-electron chi connectivity index (χ4n) is 5.56. The standard InChI is InChI=1S/C21H24F2N4/c1-12-13(2)24-11-25-21(12)27-10-18(15-7-16(22)9-17(23)8-15)20-19(27)14-3-5-26(20)6-4-14/h7-9,11,14,18-20H,3-6,10H2,1-2H3/t18-,19-,20-/m1/s1. The molecule has 142 valence electrons. The van der Waals surface area contributed by atoms with Crippen molar-refractivity contribution in [1.29, 1.82) is 0 Å². The molecule has 0 spiro atoms. The number of aromatic nitrogens is 2. The van der Waals surface area contributed by atoms with Gasteiger partial charge in [-0.2, -0.15) is 0 Å². The molecule has 0 saturated carbocycles. The van der Waals surface area contributed by atoms with E-state index in [0.29, 0.717) is 12.0 Å². The molecule has 4 saturated heterocycles. The number of anilines is 1. The normalized spacial score (nSPS) is 32.0. The van der Waals surface area contributed by atoms with Crippen LogP contribution in [0.15, 0.2) is 24.5 Å². The lowest BCUT2D eigenvalue weighted by Gasteiger charge is -2.51. The van der Waals surface area contributed by atoms with E-state index in [1.54, 1.807) is 6.33 Å². The zero-order valence-corrected chi connectivity index (χ0v) is 15.7. The SMILES string of the molecule is Cc1ncnc(N2C[C@H](c3cc(F)cc(F)c3)[C@@H]3[C@H]2C2CCN3CC2)c1C. The smallest absolute Gasteiger partial charge is 0.135 e. The van der Waals surface area contributed by atoms with Crippen LogP contribution in [0.25, 0.3) is 0 Å². The summed E-state index contributed by atoms with van der Waals surface area (Å²) in [5, 5.41) is 0. The number of nitrogens with zero attached hydrogens (tertiary/aromatic N) is 4. The first kappa shape index (κ1) is 17.0. The summed E-state index contributed by atoms with van der Waals surface area (Å²) < 4.78 is 27.9. The van der Waals surface area contributed by atoms with Crippen molar-refractivity contribution < 1.29 is 8.78 Å². The average molecular weight is 370 g/mol. The van der Waals surface area contributed by atoms with E-state index in [2.05, 4.69) is 26.7 Å². The summed E-state index contributed by atoms with van der Waals surface area (Å²) in [6.07, 6.45) is 4.00. The molecule has 4 nitrogen and oxygen atoms in total. The molecule has 0 radical (unpaired) electrons. The summed E-state index contributed by atoms with van der Waals surface area (Å²) in [4.78, 5) is 13.9. The highest BCUT2D eigenvalue weighted by Gasteiger charge is 2.54. The summed E-state index contributed by atoms with van der Waals surface area (Å²) in [6, 6.07) is 4.61. The monoisotopic (exact) mass is 370 g/mol. The lowest BCUT2D eigenvalue weighted by atomic mass is 9.75. The average Bonchev–Trinajstić information content (AvgIpc) is 3.07. The van der Waals surface area contributed by atoms with Gasteiger partial charge in [0.25, 0.3) is 0 Å². The Morgan fingerprint density at radius 2 is 1.67 bits per heavy atom. The van der Waals surface area contributed by atoms with Crippen molar-refractivity contribution >= 4 is 5.82 Å². The third kappa shape index (κ3) is 2.64. The Bertz CT molecular complexity index is 858. The summed E-state index contributed by atoms with van der Waals surface area (Å²) in [5.41, 5.74) is 2.85. The Balaban J connectivity index is 1.61. The number of fused-ring (bicyclic) bond motifs is 2. The molecule has 27 heavy (non-hydrogen) atoms. The second kappa shape index (κ2) is 6.23. The number of hydrogen-bond donors (Lipinski definition) is 0. The van der Waals surface area contributed by atoms with E-state index >= 15 is 0 Å². The molecule has 4 aliphatic rings. The van der Waals surface area contributed by atoms with Crippen molar-refractivity contribution in [2.24, 2.45) is 5.92 Å². The molecule has 2 aromatic rings. The lowest BCUT2D eigenvalue weighted by molar-refractivity contribution is 0.0353. The molecule has 3 atom stereocenters. The van der Waals surface area contributed by atoms with E-state index in [0.717, 1.165) is 48.3 Å². The van der Waals surface area contributed by atoms with Crippen molar-refractivity contribution in [3.63, 3.8) is 0 Å². The Morgan fingerprint density at radius 3 is 2.37 bits per heavy atom. The van der Waals surface area contributed by atoms with Crippen LogP contribution in [0.1, 0.15) is 35.6 Å². The van der Waals surface area contributed by atoms with Crippen LogP contribution in [0.2, 0.25) is 0 Å². The van der Waals surface area contributed by atoms with Gasteiger partial charge in [0, 0.05) is 41.9 Å². The first-order chi connectivity index (χ1) is 13.0. The zero-order chi connectivity index (χ0) is 18.7. The van der Waals surface area contributed by atoms with Gasteiger partial charge in [0.15, 0.2) is 0 Å². The molecule has 6 rings (SSSR count). The molecule has 6 heteroatoms. The Labute approximate surface area is 158 Å². The minimum atomic E-state index is -0.495. The predicted molar refractivity (Wildman–Crippen MR) is 99.8 cm³/mol. The minimum Gasteiger partial charge on any atom is -0.351 e. The summed E-state index contributed by atoms with van der Waals surface area (Å²) in [5.74, 6) is 0.678. The maximum atomic E-state index is 13.9. The van der Waals surface area contributed by atoms with Crippen LogP contribution in [0.5, 0.6) is 0 Å². The Hall–Kier alpha value is -2.08. The highest BCUT2D eigenvalue weighted by atomic mass is 19.1. The molecule has 5 heterocycles. The summed E-state index contributed by atoms with van der Waals surface area (Å²) in [6.45, 7) is 6.97. The maximum Gasteiger partial charge on any atom is 0.135 e. The largest absolute Gasteiger partial charge is 0.351 e. The summed E-state index contributed by atoms with van der Waals surface area (Å²) >= 11 is 0. The highest BCUT2D eigenvalue weighted by molar-refractivity contribution is 5.52. The molecule has 1 aromatic carbocycles. The van der Waals surface area contributed by atoms with E-state index in [4.69, 9.17) is 0 Å². The zero-order valence-electron chi connectivity index (χ0n) is 15.7. The van der Waals surface area contributed by atoms with Crippen LogP contribution in [0, 0.1) is 31.4 Å². The van der Waals surface area contributed by atoms with Gasteiger partial charge in [0.2, 0.25) is 0 Å². The molecule has 0 amide bonds. The quantitative estimate of drug-likeness (QED) is 0.811. The second-order valence-electron chi connectivity index (χ2n) is 8.22. The Kier molecular flexibility index (Phi) is 3.93. The van der Waals surface area contributed by atoms with Gasteiger partial charge in [0.05, 0.1) is 0 Å². The molecular weight excluding hydrogens is 346 g/mol. The van der Waals surface area contributed by atoms with E-state index in [9.17, 15) is 8.78 Å². The van der Waals surface area contributed by atoms with Crippen LogP contribution in [-0.2, 0) is 0 Å². The predicted octanol–water partition coefficient (Wildman–Crippen LogP) is 3.44. The van der Waals surface area contributed by atoms with E-state index < -0.39 is 11.6 Å². The van der Waals surface area contributed by atoms with Crippen LogP contribution < -0.4 is 4.90 Å². The van der Waals surface area contributed by atoms with Crippen LogP contribution in [0.4, 0.5) is 14.6 Å². The fourth-order valence-corrected chi connectivity index (χ4v) is 5.56. The van der Waals surface area contributed by atoms with Gasteiger partial charge in [0.1, 0.15) is 23.8 Å². The first-order valence-corrected chi connectivity index (χ1v) is 9.78. The van der Waals surface area contributed by atoms with Crippen LogP contribution in [-0.4, -0.2) is 46.6 Å². The summed E-state index contributed by atoms with van der Waals surface area (Å²) in [7, 11) is 0. The van der Waals surface area contributed by atoms with E-state index in [-0.39, 0.29) is 12.0 Å². The van der Waals surface area contributed by atoms with E-state index in [1.807, 2.05) is 6.92 Å². The molecule has 0 N–H and O–H groups in total. The van der Waals surface area contributed by atoms with Crippen molar-refractivity contribution in [3.05, 3.63) is 53.0 Å². The minimum absolute atomic E-state index is 0.0815. The van der Waals surface area contributed by atoms with Gasteiger partial charge in [-0.15, -0.1) is 0 Å². The maximum absolute atomic E-state index is 13.9. The Morgan fingerprint density at radius 1 is 0.963 bits per heavy atom. The third-order valence-electron chi connectivity index (χ3n) is 6.89. The van der Waals surface area contributed by atoms with Gasteiger partial charge >= 0.3 is 0 Å². The molecule has 0 aliphatic carbocycles. The molecular formula is C21H24F2N4. The van der Waals surface area contributed by atoms with Crippen molar-refractivity contribution in [2.45, 2.75) is 44.7 Å². The topological polar surface area (TPSA) is 32.3 Å². The van der Waals surface area contributed by atoms with Crippen molar-refractivity contribution in [1.82, 2.24) is 14.9 Å². The van der Waals surface area contributed by atoms with Crippen molar-refractivity contribution in [2.75, 3.05) is 24.5 Å².